The van der Waals surface area contributed by atoms with Crippen molar-refractivity contribution < 1.29 is 4.79 Å². The van der Waals surface area contributed by atoms with E-state index in [4.69, 9.17) is 0 Å². The fraction of sp³-hybridized carbons (Fsp3) is 0.700. The third-order valence-corrected chi connectivity index (χ3v) is 1.66. The zero-order valence-electron chi connectivity index (χ0n) is 8.23. The Bertz CT molecular complexity index is 202. The molecule has 68 valence electrons. The van der Waals surface area contributed by atoms with Crippen molar-refractivity contribution in [3.05, 3.63) is 0 Å². The van der Waals surface area contributed by atoms with E-state index in [1.165, 1.54) is 0 Å². The maximum absolute atomic E-state index is 11.0. The van der Waals surface area contributed by atoms with Gasteiger partial charge in [0.05, 0.1) is 12.2 Å². The lowest BCUT2D eigenvalue weighted by Gasteiger charge is -2.06. The fourth-order valence-corrected chi connectivity index (χ4v) is 1.04. The van der Waals surface area contributed by atoms with Crippen LogP contribution in [0.25, 0.3) is 0 Å². The van der Waals surface area contributed by atoms with Crippen molar-refractivity contribution in [2.75, 3.05) is 12.0 Å². The minimum absolute atomic E-state index is 0.0135. The molecule has 0 atom stereocenters. The average molecular weight is 184 g/mol. The van der Waals surface area contributed by atoms with Crippen molar-refractivity contribution in [3.63, 3.8) is 0 Å². The highest BCUT2D eigenvalue weighted by Gasteiger charge is 2.03. The van der Waals surface area contributed by atoms with Crippen LogP contribution in [0.3, 0.4) is 0 Å². The van der Waals surface area contributed by atoms with Crippen molar-refractivity contribution in [3.8, 4) is 11.8 Å². The summed E-state index contributed by atoms with van der Waals surface area (Å²) in [5, 5.41) is 0. The largest absolute Gasteiger partial charge is 0.298 e. The summed E-state index contributed by atoms with van der Waals surface area (Å²) >= 11 is 1.55. The molecule has 0 aliphatic heterocycles. The van der Waals surface area contributed by atoms with E-state index in [1.54, 1.807) is 11.8 Å². The van der Waals surface area contributed by atoms with E-state index in [0.717, 1.165) is 0 Å². The Labute approximate surface area is 79.3 Å². The summed E-state index contributed by atoms with van der Waals surface area (Å²) in [5.74, 6) is 6.73. The summed E-state index contributed by atoms with van der Waals surface area (Å²) in [4.78, 5) is 11.0. The van der Waals surface area contributed by atoms with Gasteiger partial charge in [0, 0.05) is 5.41 Å². The number of thioether (sulfide) groups is 1. The molecule has 2 heteroatoms. The fourth-order valence-electron chi connectivity index (χ4n) is 0.620. The van der Waals surface area contributed by atoms with Crippen LogP contribution in [0.2, 0.25) is 0 Å². The Kier molecular flexibility index (Phi) is 5.08. The van der Waals surface area contributed by atoms with Crippen LogP contribution in [-0.2, 0) is 4.79 Å². The van der Waals surface area contributed by atoms with Gasteiger partial charge in [-0.15, -0.1) is 0 Å². The second-order valence-corrected chi connectivity index (χ2v) is 4.57. The van der Waals surface area contributed by atoms with E-state index >= 15 is 0 Å². The molecule has 0 amide bonds. The number of Topliss-reactive ketones (excluding diaryl/α,β-unsaturated/α-hetero) is 1. The Morgan fingerprint density at radius 2 is 2.00 bits per heavy atom. The number of carbonyl (C=O) groups excluding carboxylic acids is 1. The number of rotatable bonds is 3. The molecule has 0 heterocycles. The average Bonchev–Trinajstić information content (AvgIpc) is 1.84. The van der Waals surface area contributed by atoms with Crippen molar-refractivity contribution >= 4 is 17.5 Å². The van der Waals surface area contributed by atoms with Crippen molar-refractivity contribution in [1.82, 2.24) is 0 Å². The van der Waals surface area contributed by atoms with Gasteiger partial charge in [0.2, 0.25) is 0 Å². The maximum Gasteiger partial charge on any atom is 0.154 e. The zero-order chi connectivity index (χ0) is 9.61. The summed E-state index contributed by atoms with van der Waals surface area (Å²) < 4.78 is 0. The molecule has 12 heavy (non-hydrogen) atoms. The van der Waals surface area contributed by atoms with Gasteiger partial charge in [-0.1, -0.05) is 11.8 Å². The molecule has 0 rings (SSSR count). The second kappa shape index (κ2) is 5.27. The van der Waals surface area contributed by atoms with Crippen molar-refractivity contribution in [2.45, 2.75) is 27.2 Å². The van der Waals surface area contributed by atoms with Crippen LogP contribution in [0, 0.1) is 17.3 Å². The van der Waals surface area contributed by atoms with Crippen LogP contribution in [0.15, 0.2) is 0 Å². The topological polar surface area (TPSA) is 17.1 Å². The van der Waals surface area contributed by atoms with E-state index in [-0.39, 0.29) is 11.2 Å². The first-order valence-corrected chi connectivity index (χ1v) is 5.36. The molecule has 0 bridgehead atoms. The van der Waals surface area contributed by atoms with E-state index in [1.807, 2.05) is 27.0 Å². The van der Waals surface area contributed by atoms with E-state index < -0.39 is 0 Å². The first-order valence-electron chi connectivity index (χ1n) is 3.96. The third kappa shape index (κ3) is 7.68. The van der Waals surface area contributed by atoms with Gasteiger partial charge in [0.15, 0.2) is 5.78 Å². The summed E-state index contributed by atoms with van der Waals surface area (Å²) in [5.41, 5.74) is 0.0135. The smallest absolute Gasteiger partial charge is 0.154 e. The lowest BCUT2D eigenvalue weighted by Crippen LogP contribution is -2.02. The minimum atomic E-state index is 0.0135. The second-order valence-electron chi connectivity index (χ2n) is 3.70. The lowest BCUT2D eigenvalue weighted by molar-refractivity contribution is -0.115. The monoisotopic (exact) mass is 184 g/mol. The molecule has 0 saturated heterocycles. The number of ketones is 1. The maximum atomic E-state index is 11.0. The number of hydrogen-bond donors (Lipinski definition) is 0. The SMILES string of the molecule is CSCC(=O)CC#CC(C)(C)C. The van der Waals surface area contributed by atoms with Crippen molar-refractivity contribution in [1.29, 1.82) is 0 Å². The van der Waals surface area contributed by atoms with E-state index in [2.05, 4.69) is 11.8 Å². The molecule has 0 unspecified atom stereocenters. The molecule has 0 saturated carbocycles. The predicted octanol–water partition coefficient (Wildman–Crippen LogP) is 2.36. The van der Waals surface area contributed by atoms with Gasteiger partial charge >= 0.3 is 0 Å². The predicted molar refractivity (Wildman–Crippen MR) is 55.2 cm³/mol. The Morgan fingerprint density at radius 3 is 2.42 bits per heavy atom. The standard InChI is InChI=1S/C10H16OS/c1-10(2,3)7-5-6-9(11)8-12-4/h6,8H2,1-4H3. The van der Waals surface area contributed by atoms with E-state index in [9.17, 15) is 4.79 Å². The molecule has 0 aromatic carbocycles. The van der Waals surface area contributed by atoms with Crippen LogP contribution >= 0.6 is 11.8 Å². The summed E-state index contributed by atoms with van der Waals surface area (Å²) in [6.45, 7) is 6.12. The Morgan fingerprint density at radius 1 is 1.42 bits per heavy atom. The number of hydrogen-bond acceptors (Lipinski definition) is 2. The Hall–Kier alpha value is -0.420. The number of carbonyl (C=O) groups is 1. The summed E-state index contributed by atoms with van der Waals surface area (Å²) in [7, 11) is 0. The van der Waals surface area contributed by atoms with Crippen LogP contribution in [0.5, 0.6) is 0 Å². The normalized spacial score (nSPS) is 10.3. The third-order valence-electron chi connectivity index (χ3n) is 1.05. The van der Waals surface area contributed by atoms with Gasteiger partial charge in [0.25, 0.3) is 0 Å². The molecule has 0 N–H and O–H groups in total. The van der Waals surface area contributed by atoms with Crippen molar-refractivity contribution in [2.24, 2.45) is 5.41 Å². The molecule has 0 fully saturated rings. The molecular weight excluding hydrogens is 168 g/mol. The van der Waals surface area contributed by atoms with Gasteiger partial charge < -0.3 is 0 Å². The van der Waals surface area contributed by atoms with Gasteiger partial charge in [-0.2, -0.15) is 11.8 Å². The van der Waals surface area contributed by atoms with Crippen LogP contribution in [0.4, 0.5) is 0 Å². The minimum Gasteiger partial charge on any atom is -0.298 e. The quantitative estimate of drug-likeness (QED) is 0.626. The van der Waals surface area contributed by atoms with Gasteiger partial charge in [-0.05, 0) is 27.0 Å². The Balaban J connectivity index is 3.79. The van der Waals surface area contributed by atoms with Crippen LogP contribution < -0.4 is 0 Å². The molecule has 0 aromatic rings. The highest BCUT2D eigenvalue weighted by Crippen LogP contribution is 2.09. The summed E-state index contributed by atoms with van der Waals surface area (Å²) in [6, 6.07) is 0. The van der Waals surface area contributed by atoms with Gasteiger partial charge in [-0.3, -0.25) is 4.79 Å². The van der Waals surface area contributed by atoms with Gasteiger partial charge in [0.1, 0.15) is 0 Å². The molecule has 0 aliphatic rings. The molecule has 0 aliphatic carbocycles. The first-order chi connectivity index (χ1) is 5.45. The molecule has 1 nitrogen and oxygen atoms in total. The first kappa shape index (κ1) is 11.6. The zero-order valence-corrected chi connectivity index (χ0v) is 9.05. The van der Waals surface area contributed by atoms with Crippen LogP contribution in [0.1, 0.15) is 27.2 Å². The lowest BCUT2D eigenvalue weighted by atomic mass is 9.98. The van der Waals surface area contributed by atoms with E-state index in [0.29, 0.717) is 12.2 Å². The van der Waals surface area contributed by atoms with Crippen LogP contribution in [-0.4, -0.2) is 17.8 Å². The van der Waals surface area contributed by atoms with Gasteiger partial charge in [-0.25, -0.2) is 0 Å². The highest BCUT2D eigenvalue weighted by molar-refractivity contribution is 7.99. The highest BCUT2D eigenvalue weighted by atomic mass is 32.2. The molecule has 0 radical (unpaired) electrons. The summed E-state index contributed by atoms with van der Waals surface area (Å²) in [6.07, 6.45) is 2.33. The molecular formula is C10H16OS. The molecule has 0 spiro atoms. The molecule has 0 aromatic heterocycles.